The van der Waals surface area contributed by atoms with Gasteiger partial charge in [0.1, 0.15) is 0 Å². The van der Waals surface area contributed by atoms with Gasteiger partial charge in [0.25, 0.3) is 0 Å². The van der Waals surface area contributed by atoms with Gasteiger partial charge in [-0.15, -0.1) is 0 Å². The second-order valence-corrected chi connectivity index (χ2v) is 6.99. The van der Waals surface area contributed by atoms with E-state index in [1.807, 2.05) is 12.1 Å². The summed E-state index contributed by atoms with van der Waals surface area (Å²) in [5.74, 6) is 0.289. The first-order chi connectivity index (χ1) is 12.7. The molecule has 1 aliphatic heterocycles. The lowest BCUT2D eigenvalue weighted by Crippen LogP contribution is -2.36. The number of rotatable bonds is 7. The molecule has 1 fully saturated rings. The van der Waals surface area contributed by atoms with Gasteiger partial charge < -0.3 is 9.64 Å². The summed E-state index contributed by atoms with van der Waals surface area (Å²) in [5, 5.41) is 0. The Morgan fingerprint density at radius 2 is 1.58 bits per heavy atom. The molecule has 1 heterocycles. The molecule has 3 rings (SSSR count). The predicted molar refractivity (Wildman–Crippen MR) is 107 cm³/mol. The van der Waals surface area contributed by atoms with E-state index >= 15 is 0 Å². The highest BCUT2D eigenvalue weighted by atomic mass is 16.5. The van der Waals surface area contributed by atoms with E-state index in [4.69, 9.17) is 4.74 Å². The summed E-state index contributed by atoms with van der Waals surface area (Å²) in [6, 6.07) is 16.8. The van der Waals surface area contributed by atoms with Crippen LogP contribution < -0.4 is 4.90 Å². The average Bonchev–Trinajstić information content (AvgIpc) is 2.72. The average molecular weight is 351 g/mol. The van der Waals surface area contributed by atoms with Crippen LogP contribution in [-0.4, -0.2) is 32.1 Å². The first kappa shape index (κ1) is 18.7. The van der Waals surface area contributed by atoms with Crippen molar-refractivity contribution < 1.29 is 9.53 Å². The van der Waals surface area contributed by atoms with Crippen molar-refractivity contribution in [1.82, 2.24) is 0 Å². The highest BCUT2D eigenvalue weighted by Crippen LogP contribution is 2.22. The Morgan fingerprint density at radius 3 is 2.15 bits per heavy atom. The lowest BCUT2D eigenvalue weighted by molar-refractivity contribution is 0.0916. The standard InChI is InChI=1S/C23H29NO2/c1-3-18-5-7-19(8-6-18)17-20(4-2)23(25)21-9-11-22(12-10-21)24-13-15-26-16-14-24/h5-12,20H,3-4,13-17H2,1-2H3. The van der Waals surface area contributed by atoms with Crippen LogP contribution in [0.2, 0.25) is 0 Å². The third kappa shape index (κ3) is 4.53. The van der Waals surface area contributed by atoms with E-state index in [9.17, 15) is 4.79 Å². The highest BCUT2D eigenvalue weighted by Gasteiger charge is 2.19. The summed E-state index contributed by atoms with van der Waals surface area (Å²) in [6.07, 6.45) is 2.72. The van der Waals surface area contributed by atoms with E-state index in [0.717, 1.165) is 51.1 Å². The minimum Gasteiger partial charge on any atom is -0.378 e. The zero-order valence-corrected chi connectivity index (χ0v) is 15.9. The molecule has 0 N–H and O–H groups in total. The van der Waals surface area contributed by atoms with Crippen molar-refractivity contribution >= 4 is 11.5 Å². The van der Waals surface area contributed by atoms with Crippen molar-refractivity contribution in [2.75, 3.05) is 31.2 Å². The van der Waals surface area contributed by atoms with Crippen molar-refractivity contribution in [3.63, 3.8) is 0 Å². The zero-order chi connectivity index (χ0) is 18.4. The van der Waals surface area contributed by atoms with E-state index < -0.39 is 0 Å². The number of hydrogen-bond donors (Lipinski definition) is 0. The van der Waals surface area contributed by atoms with Crippen LogP contribution in [0.1, 0.15) is 41.8 Å². The monoisotopic (exact) mass is 351 g/mol. The van der Waals surface area contributed by atoms with Crippen LogP contribution in [0, 0.1) is 5.92 Å². The number of morpholine rings is 1. The van der Waals surface area contributed by atoms with Crippen molar-refractivity contribution in [3.05, 3.63) is 65.2 Å². The van der Waals surface area contributed by atoms with Gasteiger partial charge in [0.15, 0.2) is 5.78 Å². The molecule has 138 valence electrons. The summed E-state index contributed by atoms with van der Waals surface area (Å²) in [7, 11) is 0. The summed E-state index contributed by atoms with van der Waals surface area (Å²) < 4.78 is 5.40. The quantitative estimate of drug-likeness (QED) is 0.686. The summed E-state index contributed by atoms with van der Waals surface area (Å²) in [4.78, 5) is 15.3. The van der Waals surface area contributed by atoms with Crippen LogP contribution in [0.4, 0.5) is 5.69 Å². The Bertz CT molecular complexity index is 700. The number of carbonyl (C=O) groups excluding carboxylic acids is 1. The first-order valence-corrected chi connectivity index (χ1v) is 9.76. The Labute approximate surface area is 157 Å². The molecule has 1 unspecified atom stereocenters. The molecule has 0 saturated carbocycles. The van der Waals surface area contributed by atoms with Gasteiger partial charge >= 0.3 is 0 Å². The third-order valence-corrected chi connectivity index (χ3v) is 5.30. The van der Waals surface area contributed by atoms with Crippen LogP contribution in [0.3, 0.4) is 0 Å². The molecule has 1 atom stereocenters. The molecule has 0 aromatic heterocycles. The number of hydrogen-bond acceptors (Lipinski definition) is 3. The minimum absolute atomic E-state index is 0.0386. The van der Waals surface area contributed by atoms with E-state index in [2.05, 4.69) is 55.1 Å². The Morgan fingerprint density at radius 1 is 0.962 bits per heavy atom. The molecule has 3 nitrogen and oxygen atoms in total. The molecule has 0 aliphatic carbocycles. The van der Waals surface area contributed by atoms with Crippen LogP contribution in [0.15, 0.2) is 48.5 Å². The Hall–Kier alpha value is -2.13. The van der Waals surface area contributed by atoms with Crippen molar-refractivity contribution in [3.8, 4) is 0 Å². The molecular weight excluding hydrogens is 322 g/mol. The summed E-state index contributed by atoms with van der Waals surface area (Å²) >= 11 is 0. The fraction of sp³-hybridized carbons (Fsp3) is 0.435. The number of aryl methyl sites for hydroxylation is 1. The van der Waals surface area contributed by atoms with Crippen LogP contribution in [0.5, 0.6) is 0 Å². The maximum Gasteiger partial charge on any atom is 0.166 e. The van der Waals surface area contributed by atoms with Crippen molar-refractivity contribution in [2.45, 2.75) is 33.1 Å². The Kier molecular flexibility index (Phi) is 6.45. The second kappa shape index (κ2) is 9.00. The van der Waals surface area contributed by atoms with Crippen LogP contribution in [-0.2, 0) is 17.6 Å². The van der Waals surface area contributed by atoms with Crippen LogP contribution >= 0.6 is 0 Å². The lowest BCUT2D eigenvalue weighted by atomic mass is 9.89. The maximum atomic E-state index is 13.0. The number of ether oxygens (including phenoxy) is 1. The molecule has 0 spiro atoms. The minimum atomic E-state index is 0.0386. The van der Waals surface area contributed by atoms with Gasteiger partial charge in [-0.1, -0.05) is 38.1 Å². The first-order valence-electron chi connectivity index (χ1n) is 9.76. The van der Waals surface area contributed by atoms with Gasteiger partial charge in [-0.05, 0) is 54.7 Å². The van der Waals surface area contributed by atoms with Crippen LogP contribution in [0.25, 0.3) is 0 Å². The number of ketones is 1. The van der Waals surface area contributed by atoms with Gasteiger partial charge in [-0.25, -0.2) is 0 Å². The molecule has 2 aromatic carbocycles. The topological polar surface area (TPSA) is 29.5 Å². The normalized spacial score (nSPS) is 15.7. The largest absolute Gasteiger partial charge is 0.378 e. The maximum absolute atomic E-state index is 13.0. The fourth-order valence-corrected chi connectivity index (χ4v) is 3.51. The van der Waals surface area contributed by atoms with Gasteiger partial charge in [0.05, 0.1) is 13.2 Å². The second-order valence-electron chi connectivity index (χ2n) is 6.99. The van der Waals surface area contributed by atoms with Crippen molar-refractivity contribution in [1.29, 1.82) is 0 Å². The van der Waals surface area contributed by atoms with Gasteiger partial charge in [0.2, 0.25) is 0 Å². The smallest absolute Gasteiger partial charge is 0.166 e. The molecule has 1 aliphatic rings. The SMILES string of the molecule is CCc1ccc(CC(CC)C(=O)c2ccc(N3CCOCC3)cc2)cc1. The van der Waals surface area contributed by atoms with Gasteiger partial charge in [-0.2, -0.15) is 0 Å². The summed E-state index contributed by atoms with van der Waals surface area (Å²) in [6.45, 7) is 7.64. The highest BCUT2D eigenvalue weighted by molar-refractivity contribution is 5.98. The molecule has 0 amide bonds. The predicted octanol–water partition coefficient (Wildman–Crippen LogP) is 4.54. The molecule has 26 heavy (non-hydrogen) atoms. The number of anilines is 1. The third-order valence-electron chi connectivity index (χ3n) is 5.30. The van der Waals surface area contributed by atoms with E-state index in [0.29, 0.717) is 0 Å². The van der Waals surface area contributed by atoms with Crippen molar-refractivity contribution in [2.24, 2.45) is 5.92 Å². The molecule has 3 heteroatoms. The number of carbonyl (C=O) groups is 1. The van der Waals surface area contributed by atoms with Gasteiger partial charge in [0, 0.05) is 30.3 Å². The number of Topliss-reactive ketones (excluding diaryl/α,β-unsaturated/α-hetero) is 1. The molecule has 0 bridgehead atoms. The molecular formula is C23H29NO2. The van der Waals surface area contributed by atoms with Gasteiger partial charge in [-0.3, -0.25) is 4.79 Å². The summed E-state index contributed by atoms with van der Waals surface area (Å²) in [5.41, 5.74) is 4.58. The zero-order valence-electron chi connectivity index (χ0n) is 15.9. The van der Waals surface area contributed by atoms with E-state index in [1.54, 1.807) is 0 Å². The molecule has 0 radical (unpaired) electrons. The lowest BCUT2D eigenvalue weighted by Gasteiger charge is -2.29. The Balaban J connectivity index is 1.67. The number of nitrogens with zero attached hydrogens (tertiary/aromatic N) is 1. The van der Waals surface area contributed by atoms with E-state index in [1.165, 1.54) is 16.8 Å². The molecule has 2 aromatic rings. The molecule has 1 saturated heterocycles. The number of benzene rings is 2. The van der Waals surface area contributed by atoms with E-state index in [-0.39, 0.29) is 11.7 Å². The fourth-order valence-electron chi connectivity index (χ4n) is 3.51.